The Kier molecular flexibility index (Phi) is 4.02. The van der Waals surface area contributed by atoms with Crippen molar-refractivity contribution in [2.75, 3.05) is 0 Å². The fraction of sp³-hybridized carbons (Fsp3) is 0.533. The van der Waals surface area contributed by atoms with Gasteiger partial charge in [0.15, 0.2) is 0 Å². The van der Waals surface area contributed by atoms with E-state index in [0.29, 0.717) is 12.3 Å². The van der Waals surface area contributed by atoms with Crippen LogP contribution in [0.3, 0.4) is 0 Å². The molecule has 4 atom stereocenters. The number of aliphatic hydroxyl groups is 1. The van der Waals surface area contributed by atoms with Gasteiger partial charge in [-0.1, -0.05) is 37.3 Å². The van der Waals surface area contributed by atoms with Crippen LogP contribution in [0.4, 0.5) is 0 Å². The van der Waals surface area contributed by atoms with E-state index in [1.165, 1.54) is 0 Å². The number of carbonyl (C=O) groups is 1. The third-order valence-corrected chi connectivity index (χ3v) is 3.60. The van der Waals surface area contributed by atoms with Crippen LogP contribution in [0.25, 0.3) is 0 Å². The van der Waals surface area contributed by atoms with Gasteiger partial charge in [0.2, 0.25) is 5.91 Å². The summed E-state index contributed by atoms with van der Waals surface area (Å²) >= 11 is 0. The van der Waals surface area contributed by atoms with Crippen molar-refractivity contribution < 1.29 is 9.90 Å². The van der Waals surface area contributed by atoms with E-state index in [0.717, 1.165) is 12.0 Å². The molecule has 1 fully saturated rings. The molecule has 4 unspecified atom stereocenters. The first-order valence-electron chi connectivity index (χ1n) is 6.61. The highest BCUT2D eigenvalue weighted by molar-refractivity contribution is 5.81. The Balaban J connectivity index is 1.80. The number of rotatable bonds is 5. The van der Waals surface area contributed by atoms with Gasteiger partial charge in [0.25, 0.3) is 0 Å². The van der Waals surface area contributed by atoms with E-state index in [9.17, 15) is 9.90 Å². The maximum Gasteiger partial charge on any atom is 0.223 e. The maximum atomic E-state index is 11.8. The minimum atomic E-state index is -0.516. The van der Waals surface area contributed by atoms with Crippen molar-refractivity contribution in [2.45, 2.75) is 38.8 Å². The predicted molar refractivity (Wildman–Crippen MR) is 70.9 cm³/mol. The molecule has 0 heterocycles. The fourth-order valence-electron chi connectivity index (χ4n) is 2.24. The zero-order chi connectivity index (χ0) is 13.1. The molecule has 1 amide bonds. The van der Waals surface area contributed by atoms with Crippen molar-refractivity contribution in [2.24, 2.45) is 11.8 Å². The Hall–Kier alpha value is -1.35. The van der Waals surface area contributed by atoms with E-state index in [4.69, 9.17) is 0 Å². The second kappa shape index (κ2) is 5.53. The van der Waals surface area contributed by atoms with Crippen molar-refractivity contribution in [3.05, 3.63) is 35.9 Å². The summed E-state index contributed by atoms with van der Waals surface area (Å²) < 4.78 is 0. The highest BCUT2D eigenvalue weighted by Crippen LogP contribution is 2.37. The summed E-state index contributed by atoms with van der Waals surface area (Å²) in [5, 5.41) is 13.0. The van der Waals surface area contributed by atoms with Crippen LogP contribution in [0, 0.1) is 11.8 Å². The molecule has 1 aromatic rings. The Bertz CT molecular complexity index is 404. The van der Waals surface area contributed by atoms with E-state index < -0.39 is 6.10 Å². The lowest BCUT2D eigenvalue weighted by atomic mass is 10.0. The smallest absolute Gasteiger partial charge is 0.223 e. The van der Waals surface area contributed by atoms with Gasteiger partial charge in [0, 0.05) is 12.0 Å². The standard InChI is InChI=1S/C15H21NO2/c1-10-8-13(10)15(18)16-11(2)9-14(17)12-6-4-3-5-7-12/h3-7,10-11,13-14,17H,8-9H2,1-2H3,(H,16,18). The summed E-state index contributed by atoms with van der Waals surface area (Å²) in [6, 6.07) is 9.56. The quantitative estimate of drug-likeness (QED) is 0.838. The van der Waals surface area contributed by atoms with E-state index in [2.05, 4.69) is 12.2 Å². The van der Waals surface area contributed by atoms with Gasteiger partial charge in [-0.05, 0) is 31.2 Å². The van der Waals surface area contributed by atoms with Gasteiger partial charge < -0.3 is 10.4 Å². The monoisotopic (exact) mass is 247 g/mol. The Morgan fingerprint density at radius 2 is 2.06 bits per heavy atom. The van der Waals surface area contributed by atoms with Crippen molar-refractivity contribution in [3.8, 4) is 0 Å². The van der Waals surface area contributed by atoms with Gasteiger partial charge in [-0.25, -0.2) is 0 Å². The molecule has 1 aliphatic rings. The van der Waals surface area contributed by atoms with Gasteiger partial charge in [0.1, 0.15) is 0 Å². The Morgan fingerprint density at radius 1 is 1.44 bits per heavy atom. The van der Waals surface area contributed by atoms with E-state index in [1.54, 1.807) is 0 Å². The average Bonchev–Trinajstić information content (AvgIpc) is 3.07. The third kappa shape index (κ3) is 3.33. The van der Waals surface area contributed by atoms with E-state index in [1.807, 2.05) is 37.3 Å². The molecule has 0 radical (unpaired) electrons. The second-order valence-electron chi connectivity index (χ2n) is 5.39. The summed E-state index contributed by atoms with van der Waals surface area (Å²) in [5.41, 5.74) is 0.901. The van der Waals surface area contributed by atoms with E-state index in [-0.39, 0.29) is 17.9 Å². The Morgan fingerprint density at radius 3 is 2.61 bits per heavy atom. The molecular formula is C15H21NO2. The number of hydrogen-bond acceptors (Lipinski definition) is 2. The zero-order valence-electron chi connectivity index (χ0n) is 11.0. The first kappa shape index (κ1) is 13.1. The molecule has 3 heteroatoms. The molecule has 0 spiro atoms. The normalized spacial score (nSPS) is 25.3. The van der Waals surface area contributed by atoms with Gasteiger partial charge in [-0.2, -0.15) is 0 Å². The summed E-state index contributed by atoms with van der Waals surface area (Å²) in [6.45, 7) is 4.03. The van der Waals surface area contributed by atoms with Crippen LogP contribution in [0.2, 0.25) is 0 Å². The number of nitrogens with one attached hydrogen (secondary N) is 1. The summed E-state index contributed by atoms with van der Waals surface area (Å²) in [5.74, 6) is 0.854. The number of aliphatic hydroxyl groups excluding tert-OH is 1. The maximum absolute atomic E-state index is 11.8. The third-order valence-electron chi connectivity index (χ3n) is 3.60. The predicted octanol–water partition coefficient (Wildman–Crippen LogP) is 2.27. The fourth-order valence-corrected chi connectivity index (χ4v) is 2.24. The first-order valence-corrected chi connectivity index (χ1v) is 6.61. The number of carbonyl (C=O) groups excluding carboxylic acids is 1. The average molecular weight is 247 g/mol. The molecule has 2 rings (SSSR count). The Labute approximate surface area is 108 Å². The van der Waals surface area contributed by atoms with Crippen molar-refractivity contribution >= 4 is 5.91 Å². The molecule has 1 aromatic carbocycles. The number of amides is 1. The number of hydrogen-bond donors (Lipinski definition) is 2. The minimum Gasteiger partial charge on any atom is -0.388 e. The molecule has 98 valence electrons. The lowest BCUT2D eigenvalue weighted by Gasteiger charge is -2.18. The lowest BCUT2D eigenvalue weighted by molar-refractivity contribution is -0.123. The molecule has 3 nitrogen and oxygen atoms in total. The van der Waals surface area contributed by atoms with Gasteiger partial charge in [-0.3, -0.25) is 4.79 Å². The van der Waals surface area contributed by atoms with Crippen LogP contribution in [-0.2, 0) is 4.79 Å². The van der Waals surface area contributed by atoms with Crippen molar-refractivity contribution in [1.29, 1.82) is 0 Å². The van der Waals surface area contributed by atoms with Gasteiger partial charge in [0.05, 0.1) is 6.10 Å². The molecule has 1 saturated carbocycles. The molecule has 18 heavy (non-hydrogen) atoms. The zero-order valence-corrected chi connectivity index (χ0v) is 11.0. The topological polar surface area (TPSA) is 49.3 Å². The molecule has 0 saturated heterocycles. The summed E-state index contributed by atoms with van der Waals surface area (Å²) in [7, 11) is 0. The highest BCUT2D eigenvalue weighted by atomic mass is 16.3. The van der Waals surface area contributed by atoms with Crippen LogP contribution in [0.1, 0.15) is 38.4 Å². The van der Waals surface area contributed by atoms with E-state index >= 15 is 0 Å². The highest BCUT2D eigenvalue weighted by Gasteiger charge is 2.39. The molecule has 0 bridgehead atoms. The summed E-state index contributed by atoms with van der Waals surface area (Å²) in [4.78, 5) is 11.8. The minimum absolute atomic E-state index is 0.000469. The molecule has 0 aliphatic heterocycles. The summed E-state index contributed by atoms with van der Waals surface area (Å²) in [6.07, 6.45) is 1.04. The van der Waals surface area contributed by atoms with Crippen LogP contribution >= 0.6 is 0 Å². The van der Waals surface area contributed by atoms with Crippen molar-refractivity contribution in [3.63, 3.8) is 0 Å². The van der Waals surface area contributed by atoms with Gasteiger partial charge >= 0.3 is 0 Å². The lowest BCUT2D eigenvalue weighted by Crippen LogP contribution is -2.35. The first-order chi connectivity index (χ1) is 8.58. The van der Waals surface area contributed by atoms with Crippen LogP contribution in [0.5, 0.6) is 0 Å². The van der Waals surface area contributed by atoms with Crippen LogP contribution in [0.15, 0.2) is 30.3 Å². The second-order valence-corrected chi connectivity index (χ2v) is 5.39. The van der Waals surface area contributed by atoms with Crippen LogP contribution < -0.4 is 5.32 Å². The molecule has 0 aromatic heterocycles. The molecular weight excluding hydrogens is 226 g/mol. The van der Waals surface area contributed by atoms with Crippen LogP contribution in [-0.4, -0.2) is 17.1 Å². The van der Waals surface area contributed by atoms with Gasteiger partial charge in [-0.15, -0.1) is 0 Å². The number of benzene rings is 1. The molecule has 2 N–H and O–H groups in total. The SMILES string of the molecule is CC(CC(O)c1ccccc1)NC(=O)C1CC1C. The van der Waals surface area contributed by atoms with Crippen molar-refractivity contribution in [1.82, 2.24) is 5.32 Å². The largest absolute Gasteiger partial charge is 0.388 e. The molecule has 1 aliphatic carbocycles.